The highest BCUT2D eigenvalue weighted by atomic mass is 32.1. The van der Waals surface area contributed by atoms with Crippen molar-refractivity contribution in [3.63, 3.8) is 0 Å². The molecule has 6 nitrogen and oxygen atoms in total. The number of anilines is 2. The second kappa shape index (κ2) is 8.88. The minimum atomic E-state index is -0.235. The molecule has 1 aliphatic carbocycles. The highest BCUT2D eigenvalue weighted by Gasteiger charge is 2.29. The van der Waals surface area contributed by atoms with E-state index in [9.17, 15) is 4.79 Å². The maximum absolute atomic E-state index is 12.9. The summed E-state index contributed by atoms with van der Waals surface area (Å²) in [6.07, 6.45) is 5.89. The Balaban J connectivity index is 1.59. The number of nitrogens with one attached hydrogen (secondary N) is 2. The van der Waals surface area contributed by atoms with Crippen molar-refractivity contribution in [2.75, 3.05) is 10.6 Å². The van der Waals surface area contributed by atoms with Crippen molar-refractivity contribution in [2.24, 2.45) is 0 Å². The molecule has 0 aromatic carbocycles. The van der Waals surface area contributed by atoms with E-state index in [1.54, 1.807) is 34.8 Å². The van der Waals surface area contributed by atoms with Gasteiger partial charge in [-0.3, -0.25) is 4.79 Å². The zero-order valence-corrected chi connectivity index (χ0v) is 19.6. The molecule has 2 N–H and O–H groups in total. The quantitative estimate of drug-likeness (QED) is 0.358. The summed E-state index contributed by atoms with van der Waals surface area (Å²) < 4.78 is 5.32. The molecule has 1 unspecified atom stereocenters. The fraction of sp³-hybridized carbons (Fsp3) is 0.292. The molecule has 1 aliphatic rings. The van der Waals surface area contributed by atoms with Crippen molar-refractivity contribution in [1.29, 1.82) is 0 Å². The van der Waals surface area contributed by atoms with Gasteiger partial charge in [-0.25, -0.2) is 9.97 Å². The number of hydrogen-bond acceptors (Lipinski definition) is 7. The lowest BCUT2D eigenvalue weighted by Crippen LogP contribution is -2.19. The predicted octanol–water partition coefficient (Wildman–Crippen LogP) is 6.14. The van der Waals surface area contributed by atoms with Gasteiger partial charge >= 0.3 is 0 Å². The van der Waals surface area contributed by atoms with Crippen LogP contribution in [0.3, 0.4) is 0 Å². The van der Waals surface area contributed by atoms with Gasteiger partial charge in [0, 0.05) is 21.8 Å². The van der Waals surface area contributed by atoms with Gasteiger partial charge in [0.25, 0.3) is 5.91 Å². The third kappa shape index (κ3) is 4.20. The third-order valence-corrected chi connectivity index (χ3v) is 7.53. The maximum atomic E-state index is 12.9. The van der Waals surface area contributed by atoms with Crippen LogP contribution in [0.2, 0.25) is 0 Å². The van der Waals surface area contributed by atoms with Gasteiger partial charge in [-0.05, 0) is 85.7 Å². The molecule has 1 atom stereocenters. The van der Waals surface area contributed by atoms with Gasteiger partial charge in [-0.2, -0.15) is 11.3 Å². The summed E-state index contributed by atoms with van der Waals surface area (Å²) in [5.41, 5.74) is 5.43. The van der Waals surface area contributed by atoms with Crippen LogP contribution in [0.1, 0.15) is 62.4 Å². The SMILES string of the molecule is Cc1cc(C)nc(NC(c2ccsc2)c2c(NC(=O)c3ccco3)sc3c2CCCC3)n1. The molecule has 164 valence electrons. The van der Waals surface area contributed by atoms with Gasteiger partial charge in [0.05, 0.1) is 12.3 Å². The van der Waals surface area contributed by atoms with E-state index in [2.05, 4.69) is 37.4 Å². The number of thiophene rings is 2. The summed E-state index contributed by atoms with van der Waals surface area (Å²) in [5, 5.41) is 11.8. The monoisotopic (exact) mass is 464 g/mol. The first-order valence-electron chi connectivity index (χ1n) is 10.7. The maximum Gasteiger partial charge on any atom is 0.291 e. The van der Waals surface area contributed by atoms with Gasteiger partial charge in [-0.1, -0.05) is 0 Å². The first-order valence-corrected chi connectivity index (χ1v) is 12.4. The van der Waals surface area contributed by atoms with Crippen LogP contribution in [-0.2, 0) is 12.8 Å². The number of carbonyl (C=O) groups excluding carboxylic acids is 1. The molecule has 0 bridgehead atoms. The lowest BCUT2D eigenvalue weighted by Gasteiger charge is -2.23. The Kier molecular flexibility index (Phi) is 5.80. The van der Waals surface area contributed by atoms with E-state index in [0.29, 0.717) is 11.7 Å². The van der Waals surface area contributed by atoms with Crippen LogP contribution < -0.4 is 10.6 Å². The number of amides is 1. The predicted molar refractivity (Wildman–Crippen MR) is 129 cm³/mol. The van der Waals surface area contributed by atoms with Crippen LogP contribution in [0.4, 0.5) is 10.9 Å². The average molecular weight is 465 g/mol. The fourth-order valence-corrected chi connectivity index (χ4v) is 6.25. The van der Waals surface area contributed by atoms with Crippen molar-refractivity contribution in [1.82, 2.24) is 9.97 Å². The van der Waals surface area contributed by atoms with Crippen molar-refractivity contribution in [2.45, 2.75) is 45.6 Å². The number of carbonyl (C=O) groups is 1. The Morgan fingerprint density at radius 3 is 2.69 bits per heavy atom. The summed E-state index contributed by atoms with van der Waals surface area (Å²) in [4.78, 5) is 23.4. The summed E-state index contributed by atoms with van der Waals surface area (Å²) in [7, 11) is 0. The van der Waals surface area contributed by atoms with Gasteiger partial charge in [0.2, 0.25) is 5.95 Å². The second-order valence-corrected chi connectivity index (χ2v) is 9.88. The number of aryl methyl sites for hydroxylation is 3. The highest BCUT2D eigenvalue weighted by molar-refractivity contribution is 7.16. The second-order valence-electron chi connectivity index (χ2n) is 7.99. The molecular weight excluding hydrogens is 440 g/mol. The molecule has 32 heavy (non-hydrogen) atoms. The topological polar surface area (TPSA) is 80.0 Å². The Morgan fingerprint density at radius 2 is 1.97 bits per heavy atom. The molecule has 0 saturated carbocycles. The summed E-state index contributed by atoms with van der Waals surface area (Å²) in [6, 6.07) is 7.33. The van der Waals surface area contributed by atoms with E-state index in [-0.39, 0.29) is 11.9 Å². The number of furan rings is 1. The number of rotatable bonds is 6. The molecule has 4 aromatic heterocycles. The molecule has 0 saturated heterocycles. The summed E-state index contributed by atoms with van der Waals surface area (Å²) in [6.45, 7) is 3.95. The van der Waals surface area contributed by atoms with Crippen LogP contribution in [0.15, 0.2) is 45.7 Å². The minimum Gasteiger partial charge on any atom is -0.459 e. The van der Waals surface area contributed by atoms with Crippen LogP contribution in [0.5, 0.6) is 0 Å². The minimum absolute atomic E-state index is 0.160. The molecule has 1 amide bonds. The Morgan fingerprint density at radius 1 is 1.16 bits per heavy atom. The van der Waals surface area contributed by atoms with Crippen LogP contribution in [0, 0.1) is 13.8 Å². The molecule has 4 heterocycles. The van der Waals surface area contributed by atoms with Gasteiger partial charge < -0.3 is 15.1 Å². The van der Waals surface area contributed by atoms with Crippen molar-refractivity contribution in [3.8, 4) is 0 Å². The third-order valence-electron chi connectivity index (χ3n) is 5.61. The molecule has 0 spiro atoms. The molecule has 0 fully saturated rings. The lowest BCUT2D eigenvalue weighted by molar-refractivity contribution is 0.0997. The summed E-state index contributed by atoms with van der Waals surface area (Å²) >= 11 is 3.34. The number of fused-ring (bicyclic) bond motifs is 1. The van der Waals surface area contributed by atoms with Crippen LogP contribution in [-0.4, -0.2) is 15.9 Å². The molecule has 4 aromatic rings. The van der Waals surface area contributed by atoms with Gasteiger partial charge in [0.1, 0.15) is 5.00 Å². The standard InChI is InChI=1S/C24H24N4O2S2/c1-14-12-15(2)26-24(25-14)27-21(16-9-11-31-13-16)20-17-6-3-4-8-19(17)32-23(20)28-22(29)18-7-5-10-30-18/h5,7,9-13,21H,3-4,6,8H2,1-2H3,(H,28,29)(H,25,26,27). The molecule has 0 radical (unpaired) electrons. The normalized spacial score (nSPS) is 14.1. The Bertz CT molecular complexity index is 1210. The number of hydrogen-bond donors (Lipinski definition) is 2. The van der Waals surface area contributed by atoms with E-state index < -0.39 is 0 Å². The van der Waals surface area contributed by atoms with E-state index in [1.807, 2.05) is 19.9 Å². The Hall–Kier alpha value is -2.97. The van der Waals surface area contributed by atoms with Crippen molar-refractivity contribution >= 4 is 39.5 Å². The zero-order valence-electron chi connectivity index (χ0n) is 18.0. The average Bonchev–Trinajstić information content (AvgIpc) is 3.52. The summed E-state index contributed by atoms with van der Waals surface area (Å²) in [5.74, 6) is 0.666. The van der Waals surface area contributed by atoms with Gasteiger partial charge in [0.15, 0.2) is 5.76 Å². The number of aromatic nitrogens is 2. The fourth-order valence-electron chi connectivity index (χ4n) is 4.24. The van der Waals surface area contributed by atoms with Crippen molar-refractivity contribution in [3.05, 3.63) is 80.0 Å². The van der Waals surface area contributed by atoms with Crippen LogP contribution >= 0.6 is 22.7 Å². The number of nitrogens with zero attached hydrogens (tertiary/aromatic N) is 2. The Labute approximate surface area is 194 Å². The van der Waals surface area contributed by atoms with E-state index in [1.165, 1.54) is 23.1 Å². The van der Waals surface area contributed by atoms with E-state index in [4.69, 9.17) is 4.42 Å². The highest BCUT2D eigenvalue weighted by Crippen LogP contribution is 2.44. The van der Waals surface area contributed by atoms with Crippen molar-refractivity contribution < 1.29 is 9.21 Å². The lowest BCUT2D eigenvalue weighted by atomic mass is 9.90. The van der Waals surface area contributed by atoms with Crippen LogP contribution in [0.25, 0.3) is 0 Å². The smallest absolute Gasteiger partial charge is 0.291 e. The molecule has 8 heteroatoms. The molecular formula is C24H24N4O2S2. The zero-order chi connectivity index (χ0) is 22.1. The first-order chi connectivity index (χ1) is 15.6. The first kappa shape index (κ1) is 20.9. The van der Waals surface area contributed by atoms with E-state index >= 15 is 0 Å². The molecule has 5 rings (SSSR count). The van der Waals surface area contributed by atoms with Gasteiger partial charge in [-0.15, -0.1) is 11.3 Å². The van der Waals surface area contributed by atoms with E-state index in [0.717, 1.165) is 46.8 Å². The molecule has 0 aliphatic heterocycles. The largest absolute Gasteiger partial charge is 0.459 e.